The summed E-state index contributed by atoms with van der Waals surface area (Å²) < 4.78 is 44.4. The van der Waals surface area contributed by atoms with Gasteiger partial charge in [-0.25, -0.2) is 17.8 Å². The first kappa shape index (κ1) is 17.8. The number of nitrogens with zero attached hydrogens (tertiary/aromatic N) is 2. The number of benzene rings is 1. The van der Waals surface area contributed by atoms with E-state index in [-0.39, 0.29) is 18.2 Å². The van der Waals surface area contributed by atoms with Gasteiger partial charge in [0, 0.05) is 18.8 Å². The van der Waals surface area contributed by atoms with Gasteiger partial charge in [0.05, 0.1) is 35.8 Å². The highest BCUT2D eigenvalue weighted by Crippen LogP contribution is 2.27. The Morgan fingerprint density at radius 3 is 2.72 bits per heavy atom. The average Bonchev–Trinajstić information content (AvgIpc) is 2.92. The summed E-state index contributed by atoms with van der Waals surface area (Å²) in [4.78, 5) is 18.2. The summed E-state index contributed by atoms with van der Waals surface area (Å²) >= 11 is 5.85. The van der Waals surface area contributed by atoms with E-state index in [1.807, 2.05) is 10.3 Å². The minimum Gasteiger partial charge on any atom is -0.378 e. The number of ether oxygens (including phenoxy) is 1. The van der Waals surface area contributed by atoms with Crippen LogP contribution in [0.4, 0.5) is 4.39 Å². The van der Waals surface area contributed by atoms with E-state index in [0.717, 1.165) is 0 Å². The Kier molecular flexibility index (Phi) is 4.78. The first-order valence-electron chi connectivity index (χ1n) is 7.14. The zero-order valence-electron chi connectivity index (χ0n) is 13.0. The molecule has 1 amide bonds. The number of halogens is 2. The Balaban J connectivity index is 1.83. The van der Waals surface area contributed by atoms with E-state index in [1.54, 1.807) is 24.1 Å². The molecule has 11 heteroatoms. The lowest BCUT2D eigenvalue weighted by atomic mass is 10.1. The number of nitrogens with one attached hydrogen (secondary N) is 2. The summed E-state index contributed by atoms with van der Waals surface area (Å²) in [6.45, 7) is 0.0844. The van der Waals surface area contributed by atoms with Crippen molar-refractivity contribution in [3.05, 3.63) is 41.1 Å². The van der Waals surface area contributed by atoms with Crippen molar-refractivity contribution in [2.45, 2.75) is 5.25 Å². The maximum absolute atomic E-state index is 14.2. The fraction of sp³-hybridized carbons (Fsp3) is 0.286. The lowest BCUT2D eigenvalue weighted by Gasteiger charge is -2.25. The van der Waals surface area contributed by atoms with Crippen LogP contribution in [0.3, 0.4) is 0 Å². The van der Waals surface area contributed by atoms with Crippen LogP contribution in [0.15, 0.2) is 24.7 Å². The van der Waals surface area contributed by atoms with Gasteiger partial charge < -0.3 is 9.30 Å². The fourth-order valence-electron chi connectivity index (χ4n) is 2.13. The van der Waals surface area contributed by atoms with E-state index < -0.39 is 32.6 Å². The zero-order valence-corrected chi connectivity index (χ0v) is 14.6. The highest BCUT2D eigenvalue weighted by molar-refractivity contribution is 7.90. The molecule has 1 fully saturated rings. The molecule has 8 nitrogen and oxygen atoms in total. The molecule has 0 aliphatic carbocycles. The van der Waals surface area contributed by atoms with E-state index >= 15 is 0 Å². The van der Waals surface area contributed by atoms with Crippen molar-refractivity contribution < 1.29 is 22.3 Å². The highest BCUT2D eigenvalue weighted by atomic mass is 35.5. The molecule has 1 aromatic carbocycles. The Hall–Kier alpha value is -2.01. The van der Waals surface area contributed by atoms with Gasteiger partial charge in [0.1, 0.15) is 5.25 Å². The standard InChI is InChI=1S/C14H14ClFN4O4S/c1-20-4-12(17-7-20)8-2-10(13(16)11(15)3-8)14(21)18-19-25(22,23)9-5-24-6-9/h2-4,7,9,19H,5-6H2,1H3,(H,18,21). The monoisotopic (exact) mass is 388 g/mol. The Morgan fingerprint density at radius 2 is 2.16 bits per heavy atom. The topological polar surface area (TPSA) is 102 Å². The molecule has 1 aliphatic heterocycles. The SMILES string of the molecule is Cn1cnc(-c2cc(Cl)c(F)c(C(=O)NNS(=O)(=O)C3COC3)c2)c1. The first-order valence-corrected chi connectivity index (χ1v) is 9.06. The van der Waals surface area contributed by atoms with E-state index in [9.17, 15) is 17.6 Å². The van der Waals surface area contributed by atoms with Crippen molar-refractivity contribution in [1.82, 2.24) is 19.8 Å². The number of aryl methyl sites for hydroxylation is 1. The van der Waals surface area contributed by atoms with Crippen molar-refractivity contribution in [1.29, 1.82) is 0 Å². The van der Waals surface area contributed by atoms with Gasteiger partial charge in [-0.3, -0.25) is 10.2 Å². The molecule has 0 radical (unpaired) electrons. The number of hydrazine groups is 1. The van der Waals surface area contributed by atoms with Gasteiger partial charge in [-0.15, -0.1) is 4.83 Å². The molecule has 0 unspecified atom stereocenters. The Labute approximate surface area is 148 Å². The molecule has 0 bridgehead atoms. The molecular weight excluding hydrogens is 375 g/mol. The van der Waals surface area contributed by atoms with Crippen LogP contribution in [0.2, 0.25) is 5.02 Å². The second-order valence-corrected chi connectivity index (χ2v) is 7.87. The predicted octanol–water partition coefficient (Wildman–Crippen LogP) is 0.843. The van der Waals surface area contributed by atoms with Crippen LogP contribution < -0.4 is 10.3 Å². The number of carbonyl (C=O) groups excluding carboxylic acids is 1. The molecule has 134 valence electrons. The summed E-state index contributed by atoms with van der Waals surface area (Å²) in [5.41, 5.74) is 2.50. The third-order valence-electron chi connectivity index (χ3n) is 3.63. The fourth-order valence-corrected chi connectivity index (χ4v) is 3.30. The second-order valence-electron chi connectivity index (χ2n) is 5.50. The summed E-state index contributed by atoms with van der Waals surface area (Å²) in [5, 5.41) is -1.02. The van der Waals surface area contributed by atoms with Gasteiger partial charge in [0.15, 0.2) is 5.82 Å². The van der Waals surface area contributed by atoms with Gasteiger partial charge in [-0.05, 0) is 12.1 Å². The summed E-state index contributed by atoms with van der Waals surface area (Å²) in [7, 11) is -2.03. The highest BCUT2D eigenvalue weighted by Gasteiger charge is 2.33. The largest absolute Gasteiger partial charge is 0.378 e. The Morgan fingerprint density at radius 1 is 1.44 bits per heavy atom. The molecule has 1 aromatic heterocycles. The van der Waals surface area contributed by atoms with Crippen LogP contribution in [0.1, 0.15) is 10.4 Å². The molecule has 2 N–H and O–H groups in total. The number of amides is 1. The van der Waals surface area contributed by atoms with Crippen molar-refractivity contribution in [3.63, 3.8) is 0 Å². The molecule has 0 saturated carbocycles. The minimum atomic E-state index is -3.79. The van der Waals surface area contributed by atoms with Gasteiger partial charge >= 0.3 is 0 Å². The third-order valence-corrected chi connectivity index (χ3v) is 5.44. The molecule has 2 heterocycles. The van der Waals surface area contributed by atoms with Crippen LogP contribution in [0.25, 0.3) is 11.3 Å². The average molecular weight is 389 g/mol. The second kappa shape index (κ2) is 6.71. The van der Waals surface area contributed by atoms with E-state index in [4.69, 9.17) is 16.3 Å². The number of hydrogen-bond donors (Lipinski definition) is 2. The minimum absolute atomic E-state index is 0.0422. The van der Waals surface area contributed by atoms with Crippen molar-refractivity contribution in [3.8, 4) is 11.3 Å². The predicted molar refractivity (Wildman–Crippen MR) is 87.7 cm³/mol. The van der Waals surface area contributed by atoms with E-state index in [2.05, 4.69) is 4.98 Å². The number of sulfonamides is 1. The number of carbonyl (C=O) groups is 1. The van der Waals surface area contributed by atoms with Crippen molar-refractivity contribution in [2.75, 3.05) is 13.2 Å². The molecule has 0 atom stereocenters. The molecule has 1 saturated heterocycles. The van der Waals surface area contributed by atoms with Crippen molar-refractivity contribution >= 4 is 27.5 Å². The quantitative estimate of drug-likeness (QED) is 0.739. The number of hydrogen-bond acceptors (Lipinski definition) is 5. The van der Waals surface area contributed by atoms with Gasteiger partial charge in [-0.2, -0.15) is 0 Å². The molecule has 25 heavy (non-hydrogen) atoms. The summed E-state index contributed by atoms with van der Waals surface area (Å²) in [6.07, 6.45) is 3.21. The lowest BCUT2D eigenvalue weighted by Crippen LogP contribution is -2.52. The van der Waals surface area contributed by atoms with E-state index in [0.29, 0.717) is 11.3 Å². The molecular formula is C14H14ClFN4O4S. The molecule has 3 rings (SSSR count). The van der Waals surface area contributed by atoms with E-state index in [1.165, 1.54) is 12.1 Å². The summed E-state index contributed by atoms with van der Waals surface area (Å²) in [6, 6.07) is 2.59. The van der Waals surface area contributed by atoms with Gasteiger partial charge in [-0.1, -0.05) is 11.6 Å². The molecule has 2 aromatic rings. The molecule has 1 aliphatic rings. The van der Waals surface area contributed by atoms with Crippen LogP contribution in [0, 0.1) is 5.82 Å². The third kappa shape index (κ3) is 3.66. The summed E-state index contributed by atoms with van der Waals surface area (Å²) in [5.74, 6) is -1.92. The number of imidazole rings is 1. The van der Waals surface area contributed by atoms with Crippen LogP contribution in [0.5, 0.6) is 0 Å². The number of aromatic nitrogens is 2. The maximum atomic E-state index is 14.2. The Bertz CT molecular complexity index is 927. The lowest BCUT2D eigenvalue weighted by molar-refractivity contribution is 0.0408. The zero-order chi connectivity index (χ0) is 18.2. The smallest absolute Gasteiger partial charge is 0.269 e. The van der Waals surface area contributed by atoms with Gasteiger partial charge in [0.2, 0.25) is 10.0 Å². The normalized spacial score (nSPS) is 15.0. The maximum Gasteiger partial charge on any atom is 0.269 e. The molecule has 0 spiro atoms. The first-order chi connectivity index (χ1) is 11.8. The van der Waals surface area contributed by atoms with Crippen LogP contribution in [-0.2, 0) is 21.8 Å². The number of rotatable bonds is 5. The van der Waals surface area contributed by atoms with Crippen LogP contribution >= 0.6 is 11.6 Å². The van der Waals surface area contributed by atoms with Crippen molar-refractivity contribution in [2.24, 2.45) is 7.05 Å². The van der Waals surface area contributed by atoms with Gasteiger partial charge in [0.25, 0.3) is 5.91 Å². The van der Waals surface area contributed by atoms with Crippen LogP contribution in [-0.4, -0.2) is 42.3 Å².